The van der Waals surface area contributed by atoms with E-state index in [1.807, 2.05) is 6.92 Å². The van der Waals surface area contributed by atoms with E-state index in [0.29, 0.717) is 47.8 Å². The number of aliphatic hydroxyl groups is 1. The number of hydrogen-bond donors (Lipinski definition) is 3. The lowest BCUT2D eigenvalue weighted by atomic mass is 9.32. The number of fused-ring (bicyclic) bond motifs is 7. The van der Waals surface area contributed by atoms with E-state index in [9.17, 15) is 19.4 Å². The van der Waals surface area contributed by atoms with E-state index in [4.69, 9.17) is 0 Å². The molecule has 5 nitrogen and oxygen atoms in total. The van der Waals surface area contributed by atoms with Crippen LogP contribution < -0.4 is 5.32 Å². The largest absolute Gasteiger partial charge is 0.481 e. The monoisotopic (exact) mass is 709 g/mol. The van der Waals surface area contributed by atoms with Gasteiger partial charge in [0.25, 0.3) is 0 Å². The highest BCUT2D eigenvalue weighted by Gasteiger charge is 2.70. The smallest absolute Gasteiger partial charge is 0.312 e. The first kappa shape index (κ1) is 38.1. The average Bonchev–Trinajstić information content (AvgIpc) is 3.46. The predicted octanol–water partition coefficient (Wildman–Crippen LogP) is 9.60. The van der Waals surface area contributed by atoms with Gasteiger partial charge >= 0.3 is 5.97 Å². The molecule has 0 bridgehead atoms. The highest BCUT2D eigenvalue weighted by atomic mass is 19.1. The van der Waals surface area contributed by atoms with Crippen molar-refractivity contribution < 1.29 is 19.4 Å². The Morgan fingerprint density at radius 3 is 2.24 bits per heavy atom. The molecule has 0 aromatic rings. The summed E-state index contributed by atoms with van der Waals surface area (Å²) in [6.45, 7) is 23.5. The molecule has 5 fully saturated rings. The minimum Gasteiger partial charge on any atom is -0.481 e. The van der Waals surface area contributed by atoms with Gasteiger partial charge in [-0.25, -0.2) is 4.39 Å². The van der Waals surface area contributed by atoms with Gasteiger partial charge in [-0.1, -0.05) is 60.6 Å². The number of nitrogens with zero attached hydrogens (tertiary/aromatic N) is 1. The number of allylic oxidation sites excluding steroid dienone is 4. The van der Waals surface area contributed by atoms with Crippen molar-refractivity contribution in [2.24, 2.45) is 62.6 Å². The van der Waals surface area contributed by atoms with Crippen molar-refractivity contribution in [2.75, 3.05) is 32.9 Å². The second-order valence-corrected chi connectivity index (χ2v) is 21.3. The maximum absolute atomic E-state index is 14.0. The molecule has 0 radical (unpaired) electrons. The number of halogens is 1. The molecule has 7 aliphatic rings. The van der Waals surface area contributed by atoms with Crippen LogP contribution in [0.4, 0.5) is 4.39 Å². The van der Waals surface area contributed by atoms with Crippen LogP contribution in [0.3, 0.4) is 0 Å². The first-order valence-electron chi connectivity index (χ1n) is 21.3. The Kier molecular flexibility index (Phi) is 9.64. The van der Waals surface area contributed by atoms with Gasteiger partial charge in [0, 0.05) is 31.7 Å². The highest BCUT2D eigenvalue weighted by Crippen LogP contribution is 2.76. The minimum atomic E-state index is -1.24. The standard InChI is InChI=1S/C45H73FN2O3/c1-30(2)32-13-20-45(47-25-28-48-26-23-40(5,51)24-27-48)22-21-42(7)34(37(32)45)9-10-36-41(6)16-14-33(39(3,4)35(41)15-17-43(36,42)8)31-11-18-44(29-46,19-12-31)38(49)50/h11,14,30,32,34-37,47,51H,9-10,12-13,15-29H2,1-8H3,(H,49,50)/t32-,34+,35-,36+,37+,41-,42+,43+,44-,45-/m0/s1. The first-order chi connectivity index (χ1) is 23.9. The van der Waals surface area contributed by atoms with Crippen molar-refractivity contribution in [3.63, 3.8) is 0 Å². The van der Waals surface area contributed by atoms with Crippen LogP contribution in [0.5, 0.6) is 0 Å². The molecule has 10 atom stereocenters. The van der Waals surface area contributed by atoms with Crippen LogP contribution in [0.1, 0.15) is 145 Å². The van der Waals surface area contributed by atoms with Crippen LogP contribution in [-0.4, -0.2) is 65.1 Å². The van der Waals surface area contributed by atoms with Crippen molar-refractivity contribution in [1.29, 1.82) is 0 Å². The summed E-state index contributed by atoms with van der Waals surface area (Å²) < 4.78 is 14.0. The molecule has 6 heteroatoms. The fourth-order valence-electron chi connectivity index (χ4n) is 15.1. The summed E-state index contributed by atoms with van der Waals surface area (Å²) in [5.41, 5.74) is 2.17. The number of likely N-dealkylation sites (tertiary alicyclic amines) is 1. The number of nitrogens with one attached hydrogen (secondary N) is 1. The van der Waals surface area contributed by atoms with Crippen molar-refractivity contribution in [3.8, 4) is 0 Å². The molecule has 6 aliphatic carbocycles. The Bertz CT molecular complexity index is 1410. The zero-order valence-corrected chi connectivity index (χ0v) is 33.7. The quantitative estimate of drug-likeness (QED) is 0.234. The van der Waals surface area contributed by atoms with Gasteiger partial charge in [-0.15, -0.1) is 0 Å². The number of rotatable bonds is 8. The molecule has 4 saturated carbocycles. The van der Waals surface area contributed by atoms with Gasteiger partial charge in [-0.2, -0.15) is 0 Å². The normalized spacial score (nSPS) is 46.3. The number of hydrogen-bond acceptors (Lipinski definition) is 4. The maximum Gasteiger partial charge on any atom is 0.312 e. The maximum atomic E-state index is 14.0. The average molecular weight is 709 g/mol. The van der Waals surface area contributed by atoms with Crippen molar-refractivity contribution in [2.45, 2.75) is 156 Å². The topological polar surface area (TPSA) is 72.8 Å². The Morgan fingerprint density at radius 2 is 1.61 bits per heavy atom. The second kappa shape index (κ2) is 12.9. The van der Waals surface area contributed by atoms with E-state index in [0.717, 1.165) is 63.2 Å². The fourth-order valence-corrected chi connectivity index (χ4v) is 15.1. The van der Waals surface area contributed by atoms with Gasteiger partial charge in [0.2, 0.25) is 0 Å². The van der Waals surface area contributed by atoms with Crippen LogP contribution in [0, 0.1) is 62.6 Å². The summed E-state index contributed by atoms with van der Waals surface area (Å²) >= 11 is 0. The van der Waals surface area contributed by atoms with Crippen molar-refractivity contribution in [3.05, 3.63) is 23.3 Å². The third-order valence-electron chi connectivity index (χ3n) is 18.4. The Hall–Kier alpha value is -1.24. The van der Waals surface area contributed by atoms with Crippen molar-refractivity contribution >= 4 is 5.97 Å². The number of aliphatic carboxylic acids is 1. The molecule has 0 unspecified atom stereocenters. The lowest BCUT2D eigenvalue weighted by molar-refractivity contribution is -0.223. The molecule has 0 aromatic carbocycles. The number of carbonyl (C=O) groups is 1. The number of carboxylic acids is 1. The summed E-state index contributed by atoms with van der Waals surface area (Å²) in [5.74, 6) is 3.32. The van der Waals surface area contributed by atoms with E-state index < -0.39 is 23.7 Å². The van der Waals surface area contributed by atoms with Crippen LogP contribution >= 0.6 is 0 Å². The molecule has 0 aromatic heterocycles. The predicted molar refractivity (Wildman–Crippen MR) is 205 cm³/mol. The van der Waals surface area contributed by atoms with Gasteiger partial charge in [-0.05, 0) is 165 Å². The molecule has 1 saturated heterocycles. The Balaban J connectivity index is 1.13. The summed E-state index contributed by atoms with van der Waals surface area (Å²) in [6, 6.07) is 0. The Morgan fingerprint density at radius 1 is 0.882 bits per heavy atom. The molecular weight excluding hydrogens is 636 g/mol. The van der Waals surface area contributed by atoms with E-state index in [1.54, 1.807) is 0 Å². The molecule has 51 heavy (non-hydrogen) atoms. The van der Waals surface area contributed by atoms with E-state index >= 15 is 0 Å². The van der Waals surface area contributed by atoms with Crippen molar-refractivity contribution in [1.82, 2.24) is 10.2 Å². The molecule has 288 valence electrons. The van der Waals surface area contributed by atoms with Crippen LogP contribution in [-0.2, 0) is 4.79 Å². The third kappa shape index (κ3) is 5.78. The van der Waals surface area contributed by atoms with Crippen LogP contribution in [0.2, 0.25) is 0 Å². The van der Waals surface area contributed by atoms with Crippen LogP contribution in [0.25, 0.3) is 0 Å². The molecule has 1 aliphatic heterocycles. The summed E-state index contributed by atoms with van der Waals surface area (Å²) in [6.07, 6.45) is 19.5. The van der Waals surface area contributed by atoms with E-state index in [1.165, 1.54) is 62.5 Å². The number of piperidine rings is 1. The number of carboxylic acid groups (broad SMARTS) is 1. The molecule has 3 N–H and O–H groups in total. The van der Waals surface area contributed by atoms with Gasteiger partial charge in [0.1, 0.15) is 6.67 Å². The van der Waals surface area contributed by atoms with E-state index in [-0.39, 0.29) is 16.4 Å². The molecule has 0 spiro atoms. The lowest BCUT2D eigenvalue weighted by Crippen LogP contribution is -2.68. The SMILES string of the molecule is CC(C)[C@@H]1CC[C@]2(NCCN3CCC(C)(O)CC3)CC[C@]3(C)[C@H](CC[C@@H]4[C@@]5(C)CC=C(C6=CC[C@](CF)(C(=O)O)CC6)C(C)(C)[C@@H]5CC[C@]43C)[C@@H]12. The zero-order valence-electron chi connectivity index (χ0n) is 33.7. The zero-order chi connectivity index (χ0) is 36.8. The lowest BCUT2D eigenvalue weighted by Gasteiger charge is -2.72. The Labute approximate surface area is 310 Å². The summed E-state index contributed by atoms with van der Waals surface area (Å²) in [7, 11) is 0. The molecule has 7 rings (SSSR count). The minimum absolute atomic E-state index is 0.0147. The van der Waals surface area contributed by atoms with Gasteiger partial charge < -0.3 is 20.4 Å². The summed E-state index contributed by atoms with van der Waals surface area (Å²) in [4.78, 5) is 14.6. The first-order valence-corrected chi connectivity index (χ1v) is 21.3. The highest BCUT2D eigenvalue weighted by molar-refractivity contribution is 5.75. The third-order valence-corrected chi connectivity index (χ3v) is 18.4. The number of alkyl halides is 1. The summed E-state index contributed by atoms with van der Waals surface area (Å²) in [5, 5.41) is 24.7. The fraction of sp³-hybridized carbons (Fsp3) is 0.889. The van der Waals surface area contributed by atoms with Gasteiger partial charge in [0.05, 0.1) is 11.0 Å². The van der Waals surface area contributed by atoms with Crippen LogP contribution in [0.15, 0.2) is 23.3 Å². The van der Waals surface area contributed by atoms with E-state index in [2.05, 4.69) is 70.8 Å². The van der Waals surface area contributed by atoms with Gasteiger partial charge in [0.15, 0.2) is 0 Å². The molecule has 1 heterocycles. The van der Waals surface area contributed by atoms with Gasteiger partial charge in [-0.3, -0.25) is 4.79 Å². The molecule has 0 amide bonds. The molecular formula is C45H73FN2O3. The second-order valence-electron chi connectivity index (χ2n) is 21.3.